The average Bonchev–Trinajstić information content (AvgIpc) is 3.22. The highest BCUT2D eigenvalue weighted by Crippen LogP contribution is 2.40. The largest absolute Gasteiger partial charge is 0.494 e. The molecule has 0 fully saturated rings. The highest BCUT2D eigenvalue weighted by molar-refractivity contribution is 5.99. The van der Waals surface area contributed by atoms with Crippen molar-refractivity contribution in [1.29, 1.82) is 0 Å². The number of carbonyl (C=O) groups excluding carboxylic acids is 1. The van der Waals surface area contributed by atoms with Crippen LogP contribution in [0.25, 0.3) is 11.1 Å². The number of likely N-dealkylation sites (N-methyl/N-ethyl adjacent to an activating group) is 1. The van der Waals surface area contributed by atoms with Gasteiger partial charge in [-0.2, -0.15) is 18.3 Å². The van der Waals surface area contributed by atoms with Crippen LogP contribution in [0.5, 0.6) is 5.75 Å². The Morgan fingerprint density at radius 1 is 1.08 bits per heavy atom. The number of ether oxygens (including phenoxy) is 1. The molecule has 0 atom stereocenters. The van der Waals surface area contributed by atoms with Gasteiger partial charge in [0.2, 0.25) is 0 Å². The lowest BCUT2D eigenvalue weighted by Crippen LogP contribution is -2.37. The van der Waals surface area contributed by atoms with Crippen molar-refractivity contribution < 1.29 is 27.1 Å². The molecule has 0 aliphatic carbocycles. The van der Waals surface area contributed by atoms with Gasteiger partial charge in [0.05, 0.1) is 7.11 Å². The summed E-state index contributed by atoms with van der Waals surface area (Å²) in [4.78, 5) is 17.2. The molecule has 1 aromatic heterocycles. The quantitative estimate of drug-likeness (QED) is 0.443. The molecule has 2 heterocycles. The Labute approximate surface area is 207 Å². The van der Waals surface area contributed by atoms with Crippen LogP contribution in [0.2, 0.25) is 0 Å². The number of rotatable bonds is 7. The van der Waals surface area contributed by atoms with E-state index in [1.54, 1.807) is 29.2 Å². The van der Waals surface area contributed by atoms with Gasteiger partial charge in [-0.3, -0.25) is 9.48 Å². The van der Waals surface area contributed by atoms with Crippen LogP contribution in [0, 0.1) is 5.82 Å². The van der Waals surface area contributed by atoms with E-state index in [0.29, 0.717) is 48.2 Å². The zero-order valence-corrected chi connectivity index (χ0v) is 20.6. The number of hydrogen-bond donors (Lipinski definition) is 0. The predicted molar refractivity (Wildman–Crippen MR) is 127 cm³/mol. The maximum absolute atomic E-state index is 13.8. The standard InChI is InChI=1S/C26H28F4N4O2/c1-32(2)9-7-16-11-19(21-15-33(3)31-24(21)26(28,29)30)18-8-10-34(25(35)20(18)12-16)14-17-5-6-22(27)23(13-17)36-4/h5-6,11-13,15H,7-10,14H2,1-4H3. The average molecular weight is 505 g/mol. The molecular formula is C26H28F4N4O2. The first-order chi connectivity index (χ1) is 17.0. The van der Waals surface area contributed by atoms with Crippen molar-refractivity contribution in [1.82, 2.24) is 19.6 Å². The summed E-state index contributed by atoms with van der Waals surface area (Å²) in [6.07, 6.45) is -2.32. The van der Waals surface area contributed by atoms with Crippen molar-refractivity contribution in [2.45, 2.75) is 25.6 Å². The Morgan fingerprint density at radius 2 is 1.81 bits per heavy atom. The van der Waals surface area contributed by atoms with Crippen molar-refractivity contribution in [3.8, 4) is 16.9 Å². The van der Waals surface area contributed by atoms with Crippen LogP contribution in [-0.2, 0) is 32.6 Å². The number of hydrogen-bond acceptors (Lipinski definition) is 4. The molecule has 6 nitrogen and oxygen atoms in total. The van der Waals surface area contributed by atoms with Gasteiger partial charge in [0.15, 0.2) is 17.3 Å². The molecule has 0 saturated heterocycles. The summed E-state index contributed by atoms with van der Waals surface area (Å²) < 4.78 is 61.4. The summed E-state index contributed by atoms with van der Waals surface area (Å²) in [5, 5.41) is 3.67. The lowest BCUT2D eigenvalue weighted by Gasteiger charge is -2.31. The Hall–Kier alpha value is -3.40. The number of aryl methyl sites for hydroxylation is 1. The normalized spacial score (nSPS) is 13.9. The molecule has 0 bridgehead atoms. The third-order valence-corrected chi connectivity index (χ3v) is 6.28. The SMILES string of the molecule is COc1cc(CN2CCc3c(cc(CCN(C)C)cc3-c3cn(C)nc3C(F)(F)F)C2=O)ccc1F. The number of amides is 1. The van der Waals surface area contributed by atoms with Crippen molar-refractivity contribution in [2.24, 2.45) is 7.05 Å². The van der Waals surface area contributed by atoms with Gasteiger partial charge in [-0.25, -0.2) is 4.39 Å². The number of halogens is 4. The van der Waals surface area contributed by atoms with Gasteiger partial charge in [-0.1, -0.05) is 12.1 Å². The van der Waals surface area contributed by atoms with Gasteiger partial charge in [-0.15, -0.1) is 0 Å². The summed E-state index contributed by atoms with van der Waals surface area (Å²) in [6.45, 7) is 1.22. The maximum Gasteiger partial charge on any atom is 0.435 e. The number of carbonyl (C=O) groups is 1. The summed E-state index contributed by atoms with van der Waals surface area (Å²) in [6, 6.07) is 7.95. The molecule has 3 aromatic rings. The number of benzene rings is 2. The second-order valence-electron chi connectivity index (χ2n) is 9.23. The zero-order valence-electron chi connectivity index (χ0n) is 20.6. The fourth-order valence-corrected chi connectivity index (χ4v) is 4.52. The molecule has 0 radical (unpaired) electrons. The van der Waals surface area contributed by atoms with E-state index in [1.807, 2.05) is 19.0 Å². The van der Waals surface area contributed by atoms with Crippen LogP contribution in [0.15, 0.2) is 36.5 Å². The van der Waals surface area contributed by atoms with Crippen LogP contribution in [-0.4, -0.2) is 59.8 Å². The molecule has 0 unspecified atom stereocenters. The fourth-order valence-electron chi connectivity index (χ4n) is 4.52. The maximum atomic E-state index is 13.8. The summed E-state index contributed by atoms with van der Waals surface area (Å²) in [5.41, 5.74) is 1.83. The Morgan fingerprint density at radius 3 is 2.47 bits per heavy atom. The van der Waals surface area contributed by atoms with Gasteiger partial charge >= 0.3 is 6.18 Å². The molecular weight excluding hydrogens is 476 g/mol. The van der Waals surface area contributed by atoms with E-state index < -0.39 is 17.7 Å². The molecule has 0 spiro atoms. The van der Waals surface area contributed by atoms with Gasteiger partial charge in [0, 0.05) is 44.0 Å². The third kappa shape index (κ3) is 5.23. The number of alkyl halides is 3. The third-order valence-electron chi connectivity index (χ3n) is 6.28. The number of aromatic nitrogens is 2. The Kier molecular flexibility index (Phi) is 7.08. The Bertz CT molecular complexity index is 1280. The van der Waals surface area contributed by atoms with E-state index in [1.165, 1.54) is 26.4 Å². The number of fused-ring (bicyclic) bond motifs is 1. The monoisotopic (exact) mass is 504 g/mol. The van der Waals surface area contributed by atoms with Gasteiger partial charge in [-0.05, 0) is 67.4 Å². The smallest absolute Gasteiger partial charge is 0.435 e. The summed E-state index contributed by atoms with van der Waals surface area (Å²) >= 11 is 0. The minimum absolute atomic E-state index is 0.0301. The molecule has 2 aromatic carbocycles. The van der Waals surface area contributed by atoms with E-state index in [0.717, 1.165) is 10.2 Å². The summed E-state index contributed by atoms with van der Waals surface area (Å²) in [5.74, 6) is -0.685. The minimum Gasteiger partial charge on any atom is -0.494 e. The van der Waals surface area contributed by atoms with Gasteiger partial charge in [0.25, 0.3) is 5.91 Å². The molecule has 1 aliphatic rings. The molecule has 36 heavy (non-hydrogen) atoms. The van der Waals surface area contributed by atoms with Crippen molar-refractivity contribution >= 4 is 5.91 Å². The van der Waals surface area contributed by atoms with E-state index >= 15 is 0 Å². The van der Waals surface area contributed by atoms with Crippen LogP contribution >= 0.6 is 0 Å². The number of methoxy groups -OCH3 is 1. The van der Waals surface area contributed by atoms with Crippen LogP contribution in [0.1, 0.15) is 32.7 Å². The first kappa shape index (κ1) is 25.7. The second kappa shape index (κ2) is 9.93. The van der Waals surface area contributed by atoms with Crippen LogP contribution in [0.4, 0.5) is 17.6 Å². The second-order valence-corrected chi connectivity index (χ2v) is 9.23. The molecule has 192 valence electrons. The molecule has 1 aliphatic heterocycles. The molecule has 0 saturated carbocycles. The molecule has 0 N–H and O–H groups in total. The predicted octanol–water partition coefficient (Wildman–Crippen LogP) is 4.56. The first-order valence-electron chi connectivity index (χ1n) is 11.5. The van der Waals surface area contributed by atoms with Crippen molar-refractivity contribution in [3.63, 3.8) is 0 Å². The highest BCUT2D eigenvalue weighted by atomic mass is 19.4. The molecule has 10 heteroatoms. The fraction of sp³-hybridized carbons (Fsp3) is 0.385. The van der Waals surface area contributed by atoms with E-state index in [9.17, 15) is 22.4 Å². The lowest BCUT2D eigenvalue weighted by molar-refractivity contribution is -0.140. The first-order valence-corrected chi connectivity index (χ1v) is 11.5. The van der Waals surface area contributed by atoms with Gasteiger partial charge < -0.3 is 14.5 Å². The van der Waals surface area contributed by atoms with Gasteiger partial charge in [0.1, 0.15) is 0 Å². The summed E-state index contributed by atoms with van der Waals surface area (Å²) in [7, 11) is 6.64. The van der Waals surface area contributed by atoms with E-state index in [-0.39, 0.29) is 23.8 Å². The zero-order chi connectivity index (χ0) is 26.2. The van der Waals surface area contributed by atoms with Crippen molar-refractivity contribution in [2.75, 3.05) is 34.3 Å². The Balaban J connectivity index is 1.77. The number of nitrogens with zero attached hydrogens (tertiary/aromatic N) is 4. The van der Waals surface area contributed by atoms with E-state index in [2.05, 4.69) is 5.10 Å². The van der Waals surface area contributed by atoms with E-state index in [4.69, 9.17) is 4.74 Å². The minimum atomic E-state index is -4.63. The molecule has 1 amide bonds. The highest BCUT2D eigenvalue weighted by Gasteiger charge is 2.39. The molecule has 4 rings (SSSR count). The van der Waals surface area contributed by atoms with Crippen LogP contribution in [0.3, 0.4) is 0 Å². The van der Waals surface area contributed by atoms with Crippen molar-refractivity contribution in [3.05, 3.63) is 70.3 Å². The topological polar surface area (TPSA) is 50.6 Å². The lowest BCUT2D eigenvalue weighted by atomic mass is 9.87. The van der Waals surface area contributed by atoms with Crippen LogP contribution < -0.4 is 4.74 Å².